The monoisotopic (exact) mass is 459 g/mol. The molecule has 1 aromatic heterocycles. The van der Waals surface area contributed by atoms with Crippen molar-refractivity contribution in [3.8, 4) is 5.75 Å². The molecule has 0 unspecified atom stereocenters. The molecule has 0 amide bonds. The van der Waals surface area contributed by atoms with Crippen LogP contribution in [0.3, 0.4) is 0 Å². The predicted molar refractivity (Wildman–Crippen MR) is 114 cm³/mol. The minimum atomic E-state index is 0. The van der Waals surface area contributed by atoms with E-state index >= 15 is 0 Å². The second-order valence-electron chi connectivity index (χ2n) is 5.71. The van der Waals surface area contributed by atoms with E-state index in [1.54, 1.807) is 18.4 Å². The Balaban J connectivity index is 0.00000288. The molecule has 0 aliphatic carbocycles. The largest absolute Gasteiger partial charge is 0.493 e. The zero-order valence-corrected chi connectivity index (χ0v) is 17.6. The second kappa shape index (κ2) is 11.3. The van der Waals surface area contributed by atoms with E-state index in [1.165, 1.54) is 10.4 Å². The van der Waals surface area contributed by atoms with E-state index in [0.717, 1.165) is 24.9 Å². The third kappa shape index (κ3) is 7.53. The number of benzene rings is 1. The van der Waals surface area contributed by atoms with Crippen LogP contribution in [0, 0.1) is 5.92 Å². The van der Waals surface area contributed by atoms with Gasteiger partial charge in [-0.25, -0.2) is 0 Å². The van der Waals surface area contributed by atoms with Gasteiger partial charge in [0.25, 0.3) is 0 Å². The molecule has 0 aliphatic rings. The van der Waals surface area contributed by atoms with Gasteiger partial charge in [0.2, 0.25) is 0 Å². The van der Waals surface area contributed by atoms with E-state index in [9.17, 15) is 0 Å². The van der Waals surface area contributed by atoms with E-state index in [1.807, 2.05) is 12.1 Å². The van der Waals surface area contributed by atoms with E-state index in [0.29, 0.717) is 12.5 Å². The standard InChI is InChI=1S/C18H25N3OS.HI/c1-14(2)13-22-16-7-4-6-15(10-16)11-20-18(19-3)21-12-17-8-5-9-23-17;/h4-10,14H,11-13H2,1-3H3,(H2,19,20,21);1H. The van der Waals surface area contributed by atoms with Gasteiger partial charge in [-0.05, 0) is 35.1 Å². The van der Waals surface area contributed by atoms with Crippen molar-refractivity contribution in [1.82, 2.24) is 10.6 Å². The maximum absolute atomic E-state index is 5.77. The van der Waals surface area contributed by atoms with Gasteiger partial charge < -0.3 is 15.4 Å². The maximum atomic E-state index is 5.77. The Morgan fingerprint density at radius 2 is 1.96 bits per heavy atom. The number of nitrogens with one attached hydrogen (secondary N) is 2. The summed E-state index contributed by atoms with van der Waals surface area (Å²) in [6.07, 6.45) is 0. The molecule has 1 aromatic carbocycles. The van der Waals surface area contributed by atoms with Crippen molar-refractivity contribution in [2.24, 2.45) is 10.9 Å². The lowest BCUT2D eigenvalue weighted by atomic mass is 10.2. The number of hydrogen-bond donors (Lipinski definition) is 2. The summed E-state index contributed by atoms with van der Waals surface area (Å²) >= 11 is 1.74. The first-order chi connectivity index (χ1) is 11.2. The maximum Gasteiger partial charge on any atom is 0.191 e. The average molecular weight is 459 g/mol. The van der Waals surface area contributed by atoms with Crippen molar-refractivity contribution in [1.29, 1.82) is 0 Å². The Kier molecular flexibility index (Phi) is 9.78. The third-order valence-electron chi connectivity index (χ3n) is 3.18. The van der Waals surface area contributed by atoms with E-state index < -0.39 is 0 Å². The molecule has 0 radical (unpaired) electrons. The summed E-state index contributed by atoms with van der Waals surface area (Å²) < 4.78 is 5.77. The smallest absolute Gasteiger partial charge is 0.191 e. The molecular weight excluding hydrogens is 433 g/mol. The van der Waals surface area contributed by atoms with Gasteiger partial charge >= 0.3 is 0 Å². The van der Waals surface area contributed by atoms with Crippen LogP contribution in [-0.2, 0) is 13.1 Å². The predicted octanol–water partition coefficient (Wildman–Crippen LogP) is 4.27. The van der Waals surface area contributed by atoms with Crippen molar-refractivity contribution in [3.05, 3.63) is 52.2 Å². The lowest BCUT2D eigenvalue weighted by molar-refractivity contribution is 0.271. The van der Waals surface area contributed by atoms with Gasteiger partial charge in [0.1, 0.15) is 5.75 Å². The van der Waals surface area contributed by atoms with Crippen molar-refractivity contribution >= 4 is 41.3 Å². The fourth-order valence-corrected chi connectivity index (χ4v) is 2.64. The Morgan fingerprint density at radius 1 is 1.17 bits per heavy atom. The molecule has 0 saturated heterocycles. The van der Waals surface area contributed by atoms with Gasteiger partial charge in [-0.2, -0.15) is 0 Å². The lowest BCUT2D eigenvalue weighted by Gasteiger charge is -2.13. The summed E-state index contributed by atoms with van der Waals surface area (Å²) in [6.45, 7) is 6.53. The minimum absolute atomic E-state index is 0. The summed E-state index contributed by atoms with van der Waals surface area (Å²) in [4.78, 5) is 5.54. The first kappa shape index (κ1) is 20.8. The number of thiophene rings is 1. The molecule has 0 atom stereocenters. The number of rotatable bonds is 7. The van der Waals surface area contributed by atoms with E-state index in [2.05, 4.69) is 59.1 Å². The van der Waals surface area contributed by atoms with E-state index in [4.69, 9.17) is 4.74 Å². The summed E-state index contributed by atoms with van der Waals surface area (Å²) in [6, 6.07) is 12.3. The molecule has 24 heavy (non-hydrogen) atoms. The highest BCUT2D eigenvalue weighted by Crippen LogP contribution is 2.14. The molecule has 0 aliphatic heterocycles. The highest BCUT2D eigenvalue weighted by atomic mass is 127. The molecule has 0 spiro atoms. The third-order valence-corrected chi connectivity index (χ3v) is 4.05. The Hall–Kier alpha value is -1.28. The fraction of sp³-hybridized carbons (Fsp3) is 0.389. The summed E-state index contributed by atoms with van der Waals surface area (Å²) in [5.41, 5.74) is 1.17. The number of halogens is 1. The molecule has 0 saturated carbocycles. The van der Waals surface area contributed by atoms with Crippen LogP contribution < -0.4 is 15.4 Å². The van der Waals surface area contributed by atoms with Crippen LogP contribution in [0.5, 0.6) is 5.75 Å². The van der Waals surface area contributed by atoms with Crippen LogP contribution in [-0.4, -0.2) is 19.6 Å². The molecule has 2 N–H and O–H groups in total. The Bertz CT molecular complexity index is 614. The quantitative estimate of drug-likeness (QED) is 0.370. The molecule has 132 valence electrons. The van der Waals surface area contributed by atoms with Gasteiger partial charge in [0.05, 0.1) is 13.2 Å². The zero-order valence-electron chi connectivity index (χ0n) is 14.4. The van der Waals surface area contributed by atoms with Crippen LogP contribution in [0.2, 0.25) is 0 Å². The number of aliphatic imine (C=N–C) groups is 1. The van der Waals surface area contributed by atoms with Crippen molar-refractivity contribution in [3.63, 3.8) is 0 Å². The van der Waals surface area contributed by atoms with Crippen LogP contribution in [0.4, 0.5) is 0 Å². The van der Waals surface area contributed by atoms with Crippen molar-refractivity contribution in [2.75, 3.05) is 13.7 Å². The first-order valence-electron chi connectivity index (χ1n) is 7.86. The highest BCUT2D eigenvalue weighted by molar-refractivity contribution is 14.0. The fourth-order valence-electron chi connectivity index (χ4n) is 2.00. The minimum Gasteiger partial charge on any atom is -0.493 e. The van der Waals surface area contributed by atoms with Gasteiger partial charge in [0.15, 0.2) is 5.96 Å². The van der Waals surface area contributed by atoms with Crippen LogP contribution in [0.1, 0.15) is 24.3 Å². The van der Waals surface area contributed by atoms with Crippen LogP contribution in [0.15, 0.2) is 46.8 Å². The molecule has 2 aromatic rings. The Morgan fingerprint density at radius 3 is 2.62 bits per heavy atom. The number of guanidine groups is 1. The van der Waals surface area contributed by atoms with Gasteiger partial charge in [0, 0.05) is 18.5 Å². The first-order valence-corrected chi connectivity index (χ1v) is 8.74. The number of nitrogens with zero attached hydrogens (tertiary/aromatic N) is 1. The molecule has 0 fully saturated rings. The lowest BCUT2D eigenvalue weighted by Crippen LogP contribution is -2.36. The number of ether oxygens (including phenoxy) is 1. The Labute approximate surface area is 165 Å². The van der Waals surface area contributed by atoms with Crippen molar-refractivity contribution in [2.45, 2.75) is 26.9 Å². The second-order valence-corrected chi connectivity index (χ2v) is 6.74. The zero-order chi connectivity index (χ0) is 16.5. The van der Waals surface area contributed by atoms with Crippen LogP contribution >= 0.6 is 35.3 Å². The molecular formula is C18H26IN3OS. The summed E-state index contributed by atoms with van der Waals surface area (Å²) in [5.74, 6) is 2.24. The highest BCUT2D eigenvalue weighted by Gasteiger charge is 2.02. The van der Waals surface area contributed by atoms with Gasteiger partial charge in [-0.1, -0.05) is 32.0 Å². The average Bonchev–Trinajstić information content (AvgIpc) is 3.07. The van der Waals surface area contributed by atoms with Crippen molar-refractivity contribution < 1.29 is 4.74 Å². The molecule has 6 heteroatoms. The molecule has 0 bridgehead atoms. The molecule has 1 heterocycles. The molecule has 4 nitrogen and oxygen atoms in total. The summed E-state index contributed by atoms with van der Waals surface area (Å²) in [5, 5.41) is 8.72. The normalized spacial score (nSPS) is 11.1. The van der Waals surface area contributed by atoms with E-state index in [-0.39, 0.29) is 24.0 Å². The van der Waals surface area contributed by atoms with Gasteiger partial charge in [-0.3, -0.25) is 4.99 Å². The summed E-state index contributed by atoms with van der Waals surface area (Å²) in [7, 11) is 1.78. The van der Waals surface area contributed by atoms with Crippen LogP contribution in [0.25, 0.3) is 0 Å². The topological polar surface area (TPSA) is 45.7 Å². The SMILES string of the molecule is CN=C(NCc1cccc(OCC(C)C)c1)NCc1cccs1.I. The number of hydrogen-bond acceptors (Lipinski definition) is 3. The van der Waals surface area contributed by atoms with Gasteiger partial charge in [-0.15, -0.1) is 35.3 Å². The molecule has 2 rings (SSSR count).